The minimum atomic E-state index is -4.59. The molecule has 0 aliphatic carbocycles. The summed E-state index contributed by atoms with van der Waals surface area (Å²) in [6.45, 7) is 1.32. The quantitative estimate of drug-likeness (QED) is 0.622. The van der Waals surface area contributed by atoms with Gasteiger partial charge in [0.2, 0.25) is 11.0 Å². The van der Waals surface area contributed by atoms with Crippen molar-refractivity contribution in [1.29, 1.82) is 0 Å². The Hall–Kier alpha value is -2.99. The van der Waals surface area contributed by atoms with Gasteiger partial charge in [0.25, 0.3) is 10.0 Å². The number of halogens is 3. The number of alkyl halides is 3. The van der Waals surface area contributed by atoms with Gasteiger partial charge in [-0.05, 0) is 30.3 Å². The van der Waals surface area contributed by atoms with Gasteiger partial charge in [0.05, 0.1) is 10.5 Å². The number of hydrogen-bond donors (Lipinski definition) is 2. The zero-order chi connectivity index (χ0) is 21.2. The van der Waals surface area contributed by atoms with E-state index in [2.05, 4.69) is 20.2 Å². The molecular weight excluding hydrogens is 429 g/mol. The lowest BCUT2D eigenvalue weighted by Gasteiger charge is -2.10. The van der Waals surface area contributed by atoms with Crippen LogP contribution in [-0.4, -0.2) is 24.5 Å². The summed E-state index contributed by atoms with van der Waals surface area (Å²) >= 11 is 0.680. The van der Waals surface area contributed by atoms with Crippen LogP contribution in [0.4, 0.5) is 24.0 Å². The third-order valence-corrected chi connectivity index (χ3v) is 5.95. The molecule has 7 nitrogen and oxygen atoms in total. The van der Waals surface area contributed by atoms with Gasteiger partial charge in [-0.25, -0.2) is 8.42 Å². The first-order valence-electron chi connectivity index (χ1n) is 7.97. The van der Waals surface area contributed by atoms with Crippen LogP contribution in [0.3, 0.4) is 0 Å². The first kappa shape index (κ1) is 20.7. The molecule has 0 radical (unpaired) electrons. The summed E-state index contributed by atoms with van der Waals surface area (Å²) < 4.78 is 66.6. The van der Waals surface area contributed by atoms with Crippen LogP contribution in [0.2, 0.25) is 0 Å². The highest BCUT2D eigenvalue weighted by Gasteiger charge is 2.34. The molecule has 2 aromatic carbocycles. The summed E-state index contributed by atoms with van der Waals surface area (Å²) in [6.07, 6.45) is -4.59. The highest BCUT2D eigenvalue weighted by atomic mass is 32.2. The van der Waals surface area contributed by atoms with Crippen molar-refractivity contribution in [2.45, 2.75) is 18.0 Å². The Morgan fingerprint density at radius 1 is 1.03 bits per heavy atom. The van der Waals surface area contributed by atoms with Crippen molar-refractivity contribution in [3.05, 3.63) is 54.1 Å². The number of amides is 1. The summed E-state index contributed by atoms with van der Waals surface area (Å²) in [7, 11) is -4.04. The van der Waals surface area contributed by atoms with E-state index in [1.165, 1.54) is 49.4 Å². The van der Waals surface area contributed by atoms with Crippen LogP contribution < -0.4 is 10.0 Å². The van der Waals surface area contributed by atoms with Crippen molar-refractivity contribution < 1.29 is 26.4 Å². The van der Waals surface area contributed by atoms with Crippen molar-refractivity contribution in [3.63, 3.8) is 0 Å². The van der Waals surface area contributed by atoms with E-state index < -0.39 is 21.8 Å². The molecule has 1 amide bonds. The average molecular weight is 442 g/mol. The molecule has 1 aromatic heterocycles. The molecule has 0 aliphatic heterocycles. The SMILES string of the molecule is CC(=O)Nc1ccc(S(=O)(=O)Nc2nnc(-c3ccccc3C(F)(F)F)s2)cc1. The molecular formula is C17H13F3N4O3S2. The second-order valence-electron chi connectivity index (χ2n) is 5.77. The Labute approximate surface area is 167 Å². The minimum Gasteiger partial charge on any atom is -0.326 e. The van der Waals surface area contributed by atoms with Crippen molar-refractivity contribution in [2.75, 3.05) is 10.0 Å². The topological polar surface area (TPSA) is 101 Å². The average Bonchev–Trinajstić information content (AvgIpc) is 3.08. The fourth-order valence-electron chi connectivity index (χ4n) is 2.38. The number of carbonyl (C=O) groups is 1. The summed E-state index contributed by atoms with van der Waals surface area (Å²) in [4.78, 5) is 10.9. The molecule has 12 heteroatoms. The Balaban J connectivity index is 1.84. The normalized spacial score (nSPS) is 11.9. The van der Waals surface area contributed by atoms with Crippen molar-refractivity contribution >= 4 is 38.1 Å². The maximum atomic E-state index is 13.2. The molecule has 0 saturated carbocycles. The number of hydrogen-bond acceptors (Lipinski definition) is 6. The van der Waals surface area contributed by atoms with Crippen LogP contribution in [-0.2, 0) is 21.0 Å². The zero-order valence-corrected chi connectivity index (χ0v) is 16.3. The van der Waals surface area contributed by atoms with Gasteiger partial charge in [-0.2, -0.15) is 13.2 Å². The third-order valence-electron chi connectivity index (χ3n) is 3.59. The van der Waals surface area contributed by atoms with Crippen LogP contribution in [0.25, 0.3) is 10.6 Å². The standard InChI is InChI=1S/C17H13F3N4O3S2/c1-10(25)21-11-6-8-12(9-7-11)29(26,27)24-16-23-22-15(28-16)13-4-2-3-5-14(13)17(18,19)20/h2-9H,1H3,(H,21,25)(H,23,24). The predicted molar refractivity (Wildman–Crippen MR) is 102 cm³/mol. The fraction of sp³-hybridized carbons (Fsp3) is 0.118. The van der Waals surface area contributed by atoms with Crippen LogP contribution >= 0.6 is 11.3 Å². The van der Waals surface area contributed by atoms with Gasteiger partial charge in [0, 0.05) is 18.2 Å². The van der Waals surface area contributed by atoms with E-state index in [4.69, 9.17) is 0 Å². The molecule has 3 aromatic rings. The Morgan fingerprint density at radius 2 is 1.69 bits per heavy atom. The molecule has 0 fully saturated rings. The smallest absolute Gasteiger partial charge is 0.326 e. The first-order chi connectivity index (χ1) is 13.6. The highest BCUT2D eigenvalue weighted by molar-refractivity contribution is 7.93. The number of nitrogens with zero attached hydrogens (tertiary/aromatic N) is 2. The molecule has 0 unspecified atom stereocenters. The van der Waals surface area contributed by atoms with E-state index in [0.717, 1.165) is 6.07 Å². The second-order valence-corrected chi connectivity index (χ2v) is 8.43. The molecule has 0 spiro atoms. The molecule has 0 saturated heterocycles. The lowest BCUT2D eigenvalue weighted by atomic mass is 10.1. The lowest BCUT2D eigenvalue weighted by molar-refractivity contribution is -0.137. The van der Waals surface area contributed by atoms with Gasteiger partial charge in [-0.3, -0.25) is 9.52 Å². The van der Waals surface area contributed by atoms with E-state index in [1.807, 2.05) is 0 Å². The maximum absolute atomic E-state index is 13.2. The molecule has 1 heterocycles. The molecule has 29 heavy (non-hydrogen) atoms. The second kappa shape index (κ2) is 7.79. The van der Waals surface area contributed by atoms with Crippen LogP contribution in [0.15, 0.2) is 53.4 Å². The van der Waals surface area contributed by atoms with Gasteiger partial charge < -0.3 is 5.32 Å². The zero-order valence-electron chi connectivity index (χ0n) is 14.7. The lowest BCUT2D eigenvalue weighted by Crippen LogP contribution is -2.13. The van der Waals surface area contributed by atoms with E-state index in [0.29, 0.717) is 17.0 Å². The molecule has 0 aliphatic rings. The van der Waals surface area contributed by atoms with Crippen molar-refractivity contribution in [1.82, 2.24) is 10.2 Å². The van der Waals surface area contributed by atoms with Gasteiger partial charge in [0.1, 0.15) is 5.01 Å². The number of rotatable bonds is 5. The van der Waals surface area contributed by atoms with Gasteiger partial charge in [-0.15, -0.1) is 10.2 Å². The van der Waals surface area contributed by atoms with Crippen LogP contribution in [0.5, 0.6) is 0 Å². The first-order valence-corrected chi connectivity index (χ1v) is 10.3. The van der Waals surface area contributed by atoms with Gasteiger partial charge in [0.15, 0.2) is 0 Å². The largest absolute Gasteiger partial charge is 0.417 e. The molecule has 152 valence electrons. The Kier molecular flexibility index (Phi) is 5.57. The molecule has 0 atom stereocenters. The summed E-state index contributed by atoms with van der Waals surface area (Å²) in [5.41, 5.74) is -0.667. The third kappa shape index (κ3) is 4.90. The number of anilines is 2. The number of benzene rings is 2. The Morgan fingerprint density at radius 3 is 2.31 bits per heavy atom. The van der Waals surface area contributed by atoms with E-state index >= 15 is 0 Å². The van der Waals surface area contributed by atoms with Crippen LogP contribution in [0, 0.1) is 0 Å². The fourth-order valence-corrected chi connectivity index (χ4v) is 4.40. The van der Waals surface area contributed by atoms with Crippen LogP contribution in [0.1, 0.15) is 12.5 Å². The van der Waals surface area contributed by atoms with Crippen molar-refractivity contribution in [2.24, 2.45) is 0 Å². The minimum absolute atomic E-state index is 0.0726. The Bertz CT molecular complexity index is 1140. The summed E-state index contributed by atoms with van der Waals surface area (Å²) in [5, 5.41) is 9.57. The monoisotopic (exact) mass is 442 g/mol. The highest BCUT2D eigenvalue weighted by Crippen LogP contribution is 2.38. The van der Waals surface area contributed by atoms with Gasteiger partial charge >= 0.3 is 6.18 Å². The van der Waals surface area contributed by atoms with Gasteiger partial charge in [-0.1, -0.05) is 29.5 Å². The molecule has 2 N–H and O–H groups in total. The summed E-state index contributed by atoms with van der Waals surface area (Å²) in [5.74, 6) is -0.306. The molecule has 0 bridgehead atoms. The van der Waals surface area contributed by atoms with E-state index in [9.17, 15) is 26.4 Å². The number of sulfonamides is 1. The molecule has 3 rings (SSSR count). The summed E-state index contributed by atoms with van der Waals surface area (Å²) in [6, 6.07) is 10.2. The number of nitrogens with one attached hydrogen (secondary N) is 2. The van der Waals surface area contributed by atoms with Crippen molar-refractivity contribution in [3.8, 4) is 10.6 Å². The number of aromatic nitrogens is 2. The number of carbonyl (C=O) groups excluding carboxylic acids is 1. The maximum Gasteiger partial charge on any atom is 0.417 e. The predicted octanol–water partition coefficient (Wildman–Crippen LogP) is 3.98. The van der Waals surface area contributed by atoms with E-state index in [-0.39, 0.29) is 26.5 Å². The van der Waals surface area contributed by atoms with E-state index in [1.54, 1.807) is 0 Å².